The molecule has 2 rings (SSSR count). The van der Waals surface area contributed by atoms with Gasteiger partial charge in [-0.2, -0.15) is 0 Å². The Bertz CT molecular complexity index is 555. The number of halogens is 1. The molecular weight excluding hydrogens is 352 g/mol. The van der Waals surface area contributed by atoms with Crippen molar-refractivity contribution >= 4 is 40.7 Å². The fraction of sp³-hybridized carbons (Fsp3) is 0.714. The van der Waals surface area contributed by atoms with Crippen molar-refractivity contribution in [3.8, 4) is 0 Å². The van der Waals surface area contributed by atoms with E-state index >= 15 is 0 Å². The Labute approximate surface area is 151 Å². The monoisotopic (exact) mass is 376 g/mol. The quantitative estimate of drug-likeness (QED) is 0.629. The molecule has 2 atom stereocenters. The number of aryl methyl sites for hydroxylation is 1. The topological polar surface area (TPSA) is 127 Å². The lowest BCUT2D eigenvalue weighted by Crippen LogP contribution is -2.42. The van der Waals surface area contributed by atoms with Crippen molar-refractivity contribution in [1.29, 1.82) is 0 Å². The van der Waals surface area contributed by atoms with Gasteiger partial charge in [0.1, 0.15) is 5.01 Å². The van der Waals surface area contributed by atoms with Crippen LogP contribution in [0.3, 0.4) is 0 Å². The molecule has 0 spiro atoms. The molecule has 1 aromatic heterocycles. The summed E-state index contributed by atoms with van der Waals surface area (Å²) < 4.78 is 0. The van der Waals surface area contributed by atoms with E-state index < -0.39 is 0 Å². The predicted octanol–water partition coefficient (Wildman–Crippen LogP) is 0.177. The maximum atomic E-state index is 12.3. The number of anilines is 1. The summed E-state index contributed by atoms with van der Waals surface area (Å²) >= 11 is 1.37. The molecule has 2 amide bonds. The van der Waals surface area contributed by atoms with E-state index in [0.717, 1.165) is 24.3 Å². The normalized spacial score (nSPS) is 20.8. The van der Waals surface area contributed by atoms with Crippen LogP contribution >= 0.6 is 23.7 Å². The highest BCUT2D eigenvalue weighted by atomic mass is 35.5. The third kappa shape index (κ3) is 6.21. The molecule has 1 saturated heterocycles. The van der Waals surface area contributed by atoms with Crippen molar-refractivity contribution in [3.05, 3.63) is 5.01 Å². The lowest BCUT2D eigenvalue weighted by molar-refractivity contribution is -0.131. The molecule has 0 bridgehead atoms. The summed E-state index contributed by atoms with van der Waals surface area (Å²) in [7, 11) is 0. The summed E-state index contributed by atoms with van der Waals surface area (Å²) in [6.07, 6.45) is 2.99. The van der Waals surface area contributed by atoms with Crippen molar-refractivity contribution in [2.45, 2.75) is 38.6 Å². The van der Waals surface area contributed by atoms with Crippen LogP contribution in [0.2, 0.25) is 0 Å². The van der Waals surface area contributed by atoms with Gasteiger partial charge in [0.2, 0.25) is 16.9 Å². The van der Waals surface area contributed by atoms with Crippen LogP contribution in [0, 0.1) is 5.92 Å². The van der Waals surface area contributed by atoms with Gasteiger partial charge in [0.25, 0.3) is 0 Å². The van der Waals surface area contributed by atoms with Gasteiger partial charge in [-0.25, -0.2) is 0 Å². The molecule has 1 aromatic rings. The molecule has 0 aromatic carbocycles. The molecule has 0 aliphatic carbocycles. The van der Waals surface area contributed by atoms with Gasteiger partial charge in [-0.1, -0.05) is 11.3 Å². The van der Waals surface area contributed by atoms with Gasteiger partial charge in [0.05, 0.1) is 5.92 Å². The van der Waals surface area contributed by atoms with Crippen molar-refractivity contribution in [3.63, 3.8) is 0 Å². The molecule has 1 aliphatic heterocycles. The third-order valence-electron chi connectivity index (χ3n) is 3.95. The molecule has 1 fully saturated rings. The first kappa shape index (κ1) is 20.6. The van der Waals surface area contributed by atoms with E-state index in [1.54, 1.807) is 4.90 Å². The van der Waals surface area contributed by atoms with E-state index in [1.165, 1.54) is 18.3 Å². The van der Waals surface area contributed by atoms with Gasteiger partial charge < -0.3 is 21.7 Å². The van der Waals surface area contributed by atoms with Gasteiger partial charge >= 0.3 is 0 Å². The number of hydrogen-bond donors (Lipinski definition) is 3. The number of nitrogens with zero attached hydrogens (tertiary/aromatic N) is 3. The van der Waals surface area contributed by atoms with Crippen LogP contribution in [0.15, 0.2) is 0 Å². The average Bonchev–Trinajstić information content (AvgIpc) is 2.80. The maximum absolute atomic E-state index is 12.3. The zero-order chi connectivity index (χ0) is 16.8. The number of rotatable bonds is 5. The number of nitrogen functional groups attached to an aromatic ring is 1. The van der Waals surface area contributed by atoms with Gasteiger partial charge in [-0.15, -0.1) is 22.6 Å². The summed E-state index contributed by atoms with van der Waals surface area (Å²) in [5.41, 5.74) is 11.5. The first-order chi connectivity index (χ1) is 11.0. The number of aromatic nitrogens is 2. The minimum Gasteiger partial charge on any atom is -0.374 e. The number of likely N-dealkylation sites (tertiary alicyclic amines) is 1. The molecule has 24 heavy (non-hydrogen) atoms. The summed E-state index contributed by atoms with van der Waals surface area (Å²) in [5.74, 6) is -0.235. The van der Waals surface area contributed by atoms with Crippen LogP contribution in [0.4, 0.5) is 5.13 Å². The second kappa shape index (κ2) is 9.75. The van der Waals surface area contributed by atoms with Crippen LogP contribution in [0.5, 0.6) is 0 Å². The number of amides is 2. The van der Waals surface area contributed by atoms with E-state index in [0.29, 0.717) is 31.2 Å². The number of carbonyl (C=O) groups is 2. The Morgan fingerprint density at radius 2 is 2.08 bits per heavy atom. The standard InChI is InChI=1S/C14H24N6O2S.ClH/c1-9(21)20-7-10(4-5-11(15)8-20)13(22)17-6-2-3-12-18-19-14(16)23-12;/h10-11H,2-8,15H2,1H3,(H2,16,19)(H,17,22);1H/t10-,11+;/m1./s1. The fourth-order valence-electron chi connectivity index (χ4n) is 2.66. The summed E-state index contributed by atoms with van der Waals surface area (Å²) in [6.45, 7) is 3.06. The van der Waals surface area contributed by atoms with Gasteiger partial charge in [-0.3, -0.25) is 9.59 Å². The van der Waals surface area contributed by atoms with E-state index in [-0.39, 0.29) is 36.2 Å². The Morgan fingerprint density at radius 1 is 1.33 bits per heavy atom. The molecule has 2 heterocycles. The lowest BCUT2D eigenvalue weighted by atomic mass is 10.0. The molecule has 8 nitrogen and oxygen atoms in total. The number of nitrogens with one attached hydrogen (secondary N) is 1. The Hall–Kier alpha value is -1.45. The minimum atomic E-state index is -0.190. The molecule has 0 saturated carbocycles. The Morgan fingerprint density at radius 3 is 2.71 bits per heavy atom. The Balaban J connectivity index is 0.00000288. The van der Waals surface area contributed by atoms with Crippen molar-refractivity contribution in [1.82, 2.24) is 20.4 Å². The van der Waals surface area contributed by atoms with Crippen LogP contribution in [-0.4, -0.2) is 52.6 Å². The molecule has 5 N–H and O–H groups in total. The van der Waals surface area contributed by atoms with E-state index in [4.69, 9.17) is 11.5 Å². The van der Waals surface area contributed by atoms with Crippen molar-refractivity contribution in [2.75, 3.05) is 25.4 Å². The predicted molar refractivity (Wildman–Crippen MR) is 95.9 cm³/mol. The zero-order valence-corrected chi connectivity index (χ0v) is 15.4. The van der Waals surface area contributed by atoms with Gasteiger partial charge in [0.15, 0.2) is 0 Å². The van der Waals surface area contributed by atoms with Crippen LogP contribution in [-0.2, 0) is 16.0 Å². The smallest absolute Gasteiger partial charge is 0.224 e. The summed E-state index contributed by atoms with van der Waals surface area (Å²) in [5, 5.41) is 12.0. The fourth-order valence-corrected chi connectivity index (χ4v) is 3.31. The second-order valence-electron chi connectivity index (χ2n) is 5.89. The van der Waals surface area contributed by atoms with Crippen molar-refractivity contribution in [2.24, 2.45) is 11.7 Å². The molecule has 136 valence electrons. The largest absolute Gasteiger partial charge is 0.374 e. The van der Waals surface area contributed by atoms with Gasteiger partial charge in [0, 0.05) is 39.0 Å². The van der Waals surface area contributed by atoms with E-state index in [1.807, 2.05) is 0 Å². The van der Waals surface area contributed by atoms with E-state index in [9.17, 15) is 9.59 Å². The van der Waals surface area contributed by atoms with Crippen molar-refractivity contribution < 1.29 is 9.59 Å². The minimum absolute atomic E-state index is 0. The number of nitrogens with two attached hydrogens (primary N) is 2. The van der Waals surface area contributed by atoms with E-state index in [2.05, 4.69) is 15.5 Å². The summed E-state index contributed by atoms with van der Waals surface area (Å²) in [4.78, 5) is 25.6. The highest BCUT2D eigenvalue weighted by Gasteiger charge is 2.27. The molecule has 1 aliphatic rings. The highest BCUT2D eigenvalue weighted by Crippen LogP contribution is 2.17. The molecule has 0 unspecified atom stereocenters. The first-order valence-corrected chi connectivity index (χ1v) is 8.64. The molecular formula is C14H25ClN6O2S. The first-order valence-electron chi connectivity index (χ1n) is 7.82. The third-order valence-corrected chi connectivity index (χ3v) is 4.76. The summed E-state index contributed by atoms with van der Waals surface area (Å²) in [6, 6.07) is -0.0560. The zero-order valence-electron chi connectivity index (χ0n) is 13.7. The van der Waals surface area contributed by atoms with Crippen LogP contribution in [0.1, 0.15) is 31.2 Å². The average molecular weight is 377 g/mol. The molecule has 10 heteroatoms. The van der Waals surface area contributed by atoms with Gasteiger partial charge in [-0.05, 0) is 19.3 Å². The second-order valence-corrected chi connectivity index (χ2v) is 6.98. The molecule has 0 radical (unpaired) electrons. The maximum Gasteiger partial charge on any atom is 0.224 e. The highest BCUT2D eigenvalue weighted by molar-refractivity contribution is 7.15. The lowest BCUT2D eigenvalue weighted by Gasteiger charge is -2.23. The number of carbonyl (C=O) groups excluding carboxylic acids is 2. The van der Waals surface area contributed by atoms with Crippen LogP contribution in [0.25, 0.3) is 0 Å². The number of hydrogen-bond acceptors (Lipinski definition) is 7. The SMILES string of the molecule is CC(=O)N1C[C@@H](N)CC[C@@H](C(=O)NCCCc2nnc(N)s2)C1.Cl. The Kier molecular flexibility index (Phi) is 8.37. The van der Waals surface area contributed by atoms with Crippen LogP contribution < -0.4 is 16.8 Å².